The van der Waals surface area contributed by atoms with Gasteiger partial charge in [-0.05, 0) is 42.8 Å². The summed E-state index contributed by atoms with van der Waals surface area (Å²) in [6, 6.07) is 11.1. The van der Waals surface area contributed by atoms with E-state index in [4.69, 9.17) is 4.74 Å². The molecule has 0 fully saturated rings. The van der Waals surface area contributed by atoms with Crippen LogP contribution in [0.3, 0.4) is 0 Å². The Morgan fingerprint density at radius 2 is 1.71 bits per heavy atom. The maximum atomic E-state index is 12.5. The van der Waals surface area contributed by atoms with E-state index in [2.05, 4.69) is 4.72 Å². The van der Waals surface area contributed by atoms with Gasteiger partial charge < -0.3 is 10.1 Å². The third-order valence-electron chi connectivity index (χ3n) is 3.47. The summed E-state index contributed by atoms with van der Waals surface area (Å²) >= 11 is 0. The number of sulfonamides is 1. The van der Waals surface area contributed by atoms with Crippen molar-refractivity contribution in [1.29, 1.82) is 0 Å². The van der Waals surface area contributed by atoms with E-state index in [0.717, 1.165) is 30.7 Å². The lowest BCUT2D eigenvalue weighted by Gasteiger charge is -2.13. The van der Waals surface area contributed by atoms with E-state index in [9.17, 15) is 26.4 Å². The fraction of sp³-hybridized carbons (Fsp3) is 0.278. The number of anilines is 1. The zero-order valence-corrected chi connectivity index (χ0v) is 15.7. The van der Waals surface area contributed by atoms with Crippen molar-refractivity contribution in [2.45, 2.75) is 24.4 Å². The Balaban J connectivity index is 2.13. The van der Waals surface area contributed by atoms with Crippen LogP contribution in [0.25, 0.3) is 0 Å². The Hall–Kier alpha value is -2.75. The second-order valence-corrected chi connectivity index (χ2v) is 7.45. The van der Waals surface area contributed by atoms with Crippen LogP contribution in [-0.4, -0.2) is 33.7 Å². The molecule has 2 N–H and O–H groups in total. The topological polar surface area (TPSA) is 84.5 Å². The lowest BCUT2D eigenvalue weighted by Crippen LogP contribution is -2.33. The molecule has 0 aromatic heterocycles. The van der Waals surface area contributed by atoms with E-state index in [0.29, 0.717) is 12.4 Å². The number of hydrogen-bond acceptors (Lipinski definition) is 4. The molecule has 2 aromatic rings. The third-order valence-corrected chi connectivity index (χ3v) is 4.85. The quantitative estimate of drug-likeness (QED) is 0.689. The molecule has 28 heavy (non-hydrogen) atoms. The van der Waals surface area contributed by atoms with Crippen LogP contribution in [0.2, 0.25) is 0 Å². The molecule has 152 valence electrons. The Bertz CT molecular complexity index is 913. The van der Waals surface area contributed by atoms with E-state index in [1.807, 2.05) is 6.92 Å². The molecule has 10 heteroatoms. The van der Waals surface area contributed by atoms with E-state index >= 15 is 0 Å². The SMILES string of the molecule is CCCOc1ccccc1NS(=O)(=O)c1ccc(C(=O)NCC(F)(F)F)cc1. The summed E-state index contributed by atoms with van der Waals surface area (Å²) in [7, 11) is -3.98. The minimum absolute atomic E-state index is 0.0881. The van der Waals surface area contributed by atoms with Crippen molar-refractivity contribution in [2.75, 3.05) is 17.9 Å². The highest BCUT2D eigenvalue weighted by atomic mass is 32.2. The molecule has 6 nitrogen and oxygen atoms in total. The lowest BCUT2D eigenvalue weighted by atomic mass is 10.2. The number of benzene rings is 2. The average Bonchev–Trinajstić information content (AvgIpc) is 2.64. The van der Waals surface area contributed by atoms with Gasteiger partial charge in [0.1, 0.15) is 12.3 Å². The Morgan fingerprint density at radius 3 is 2.32 bits per heavy atom. The zero-order chi connectivity index (χ0) is 20.8. The van der Waals surface area contributed by atoms with Crippen molar-refractivity contribution in [3.05, 3.63) is 54.1 Å². The van der Waals surface area contributed by atoms with Crippen molar-refractivity contribution in [3.8, 4) is 5.75 Å². The maximum absolute atomic E-state index is 12.5. The van der Waals surface area contributed by atoms with Gasteiger partial charge in [0.25, 0.3) is 15.9 Å². The summed E-state index contributed by atoms with van der Waals surface area (Å²) in [4.78, 5) is 11.5. The van der Waals surface area contributed by atoms with Crippen LogP contribution < -0.4 is 14.8 Å². The first-order valence-electron chi connectivity index (χ1n) is 8.32. The summed E-state index contributed by atoms with van der Waals surface area (Å²) in [6.45, 7) is 0.863. The van der Waals surface area contributed by atoms with Gasteiger partial charge in [-0.15, -0.1) is 0 Å². The number of carbonyl (C=O) groups excluding carboxylic acids is 1. The van der Waals surface area contributed by atoms with Gasteiger partial charge in [0.05, 0.1) is 17.2 Å². The molecular formula is C18H19F3N2O4S. The second-order valence-electron chi connectivity index (χ2n) is 5.77. The van der Waals surface area contributed by atoms with Crippen molar-refractivity contribution >= 4 is 21.6 Å². The summed E-state index contributed by atoms with van der Waals surface area (Å²) in [5, 5.41) is 1.72. The van der Waals surface area contributed by atoms with Gasteiger partial charge >= 0.3 is 6.18 Å². The third kappa shape index (κ3) is 6.15. The van der Waals surface area contributed by atoms with Crippen LogP contribution in [0.4, 0.5) is 18.9 Å². The van der Waals surface area contributed by atoms with Crippen molar-refractivity contribution in [1.82, 2.24) is 5.32 Å². The fourth-order valence-electron chi connectivity index (χ4n) is 2.16. The standard InChI is InChI=1S/C18H19F3N2O4S/c1-2-11-27-16-6-4-3-5-15(16)23-28(25,26)14-9-7-13(8-10-14)17(24)22-12-18(19,20)21/h3-10,23H,2,11-12H2,1H3,(H,22,24). The highest BCUT2D eigenvalue weighted by molar-refractivity contribution is 7.92. The van der Waals surface area contributed by atoms with Crippen LogP contribution in [0.15, 0.2) is 53.4 Å². The fourth-order valence-corrected chi connectivity index (χ4v) is 3.23. The Morgan fingerprint density at radius 1 is 1.07 bits per heavy atom. The number of rotatable bonds is 8. The van der Waals surface area contributed by atoms with E-state index in [-0.39, 0.29) is 16.1 Å². The van der Waals surface area contributed by atoms with Crippen molar-refractivity contribution < 1.29 is 31.1 Å². The molecule has 0 aliphatic carbocycles. The van der Waals surface area contributed by atoms with Gasteiger partial charge in [-0.25, -0.2) is 8.42 Å². The van der Waals surface area contributed by atoms with E-state index in [1.54, 1.807) is 29.6 Å². The molecule has 2 rings (SSSR count). The molecular weight excluding hydrogens is 397 g/mol. The first-order valence-corrected chi connectivity index (χ1v) is 9.80. The second kappa shape index (κ2) is 8.96. The van der Waals surface area contributed by atoms with Gasteiger partial charge in [0.15, 0.2) is 0 Å². The molecule has 0 aliphatic rings. The summed E-state index contributed by atoms with van der Waals surface area (Å²) in [6.07, 6.45) is -3.78. The molecule has 0 saturated heterocycles. The summed E-state index contributed by atoms with van der Waals surface area (Å²) in [5.74, 6) is -0.580. The summed E-state index contributed by atoms with van der Waals surface area (Å²) in [5.41, 5.74) is 0.165. The van der Waals surface area contributed by atoms with E-state index < -0.39 is 28.7 Å². The molecule has 0 atom stereocenters. The predicted octanol–water partition coefficient (Wildman–Crippen LogP) is 3.57. The number of carbonyl (C=O) groups is 1. The smallest absolute Gasteiger partial charge is 0.405 e. The Labute approximate surface area is 160 Å². The minimum atomic E-state index is -4.53. The Kier molecular flexibility index (Phi) is 6.90. The molecule has 0 unspecified atom stereocenters. The number of hydrogen-bond donors (Lipinski definition) is 2. The van der Waals surface area contributed by atoms with Crippen LogP contribution >= 0.6 is 0 Å². The van der Waals surface area contributed by atoms with Gasteiger partial charge in [0.2, 0.25) is 0 Å². The highest BCUT2D eigenvalue weighted by Gasteiger charge is 2.28. The molecule has 0 saturated carbocycles. The first kappa shape index (κ1) is 21.5. The molecule has 0 bridgehead atoms. The van der Waals surface area contributed by atoms with Crippen molar-refractivity contribution in [3.63, 3.8) is 0 Å². The van der Waals surface area contributed by atoms with Gasteiger partial charge in [-0.3, -0.25) is 9.52 Å². The summed E-state index contributed by atoms with van der Waals surface area (Å²) < 4.78 is 69.5. The van der Waals surface area contributed by atoms with Gasteiger partial charge in [-0.1, -0.05) is 19.1 Å². The normalized spacial score (nSPS) is 11.7. The van der Waals surface area contributed by atoms with Crippen LogP contribution in [0, 0.1) is 0 Å². The molecule has 0 heterocycles. The van der Waals surface area contributed by atoms with Gasteiger partial charge in [-0.2, -0.15) is 13.2 Å². The number of halogens is 3. The average molecular weight is 416 g/mol. The maximum Gasteiger partial charge on any atom is 0.405 e. The van der Waals surface area contributed by atoms with E-state index in [1.165, 1.54) is 0 Å². The van der Waals surface area contributed by atoms with Crippen LogP contribution in [0.1, 0.15) is 23.7 Å². The monoisotopic (exact) mass is 416 g/mol. The number of nitrogens with one attached hydrogen (secondary N) is 2. The minimum Gasteiger partial charge on any atom is -0.491 e. The molecule has 1 amide bonds. The van der Waals surface area contributed by atoms with Crippen LogP contribution in [0.5, 0.6) is 5.75 Å². The van der Waals surface area contributed by atoms with Crippen LogP contribution in [-0.2, 0) is 10.0 Å². The number of alkyl halides is 3. The molecule has 0 spiro atoms. The molecule has 0 radical (unpaired) electrons. The molecule has 2 aromatic carbocycles. The number of para-hydroxylation sites is 2. The number of amides is 1. The van der Waals surface area contributed by atoms with Gasteiger partial charge in [0, 0.05) is 5.56 Å². The number of ether oxygens (including phenoxy) is 1. The highest BCUT2D eigenvalue weighted by Crippen LogP contribution is 2.27. The first-order chi connectivity index (χ1) is 13.1. The predicted molar refractivity (Wildman–Crippen MR) is 97.9 cm³/mol. The molecule has 0 aliphatic heterocycles. The largest absolute Gasteiger partial charge is 0.491 e. The zero-order valence-electron chi connectivity index (χ0n) is 14.9. The lowest BCUT2D eigenvalue weighted by molar-refractivity contribution is -0.123. The van der Waals surface area contributed by atoms with Crippen molar-refractivity contribution in [2.24, 2.45) is 0 Å².